The number of pyridine rings is 1. The van der Waals surface area contributed by atoms with E-state index in [1.54, 1.807) is 6.20 Å². The molecule has 1 aromatic heterocycles. The number of nitrogens with zero attached hydrogens (tertiary/aromatic N) is 2. The number of hydrogen-bond donors (Lipinski definition) is 1. The van der Waals surface area contributed by atoms with Crippen LogP contribution in [0.1, 0.15) is 16.7 Å². The minimum absolute atomic E-state index is 0.728. The van der Waals surface area contributed by atoms with Gasteiger partial charge in [-0.05, 0) is 42.6 Å². The van der Waals surface area contributed by atoms with E-state index in [0.717, 1.165) is 48.9 Å². The monoisotopic (exact) mass is 301 g/mol. The van der Waals surface area contributed by atoms with E-state index in [1.807, 2.05) is 7.05 Å². The zero-order chi connectivity index (χ0) is 14.7. The average molecular weight is 302 g/mol. The third-order valence-electron chi connectivity index (χ3n) is 4.03. The zero-order valence-corrected chi connectivity index (χ0v) is 13.0. The van der Waals surface area contributed by atoms with Crippen molar-refractivity contribution < 1.29 is 0 Å². The predicted octanol–water partition coefficient (Wildman–Crippen LogP) is 3.06. The van der Waals surface area contributed by atoms with Crippen molar-refractivity contribution >= 4 is 17.4 Å². The SMILES string of the molecule is CNCc1cc(N2CCc3ccccc3CC2)ncc1Cl. The number of anilines is 1. The highest BCUT2D eigenvalue weighted by atomic mass is 35.5. The third-order valence-corrected chi connectivity index (χ3v) is 4.37. The number of hydrogen-bond acceptors (Lipinski definition) is 3. The summed E-state index contributed by atoms with van der Waals surface area (Å²) in [5.41, 5.74) is 4.03. The number of aromatic nitrogens is 1. The Hall–Kier alpha value is -1.58. The first kappa shape index (κ1) is 14.4. The lowest BCUT2D eigenvalue weighted by molar-refractivity contribution is 0.780. The van der Waals surface area contributed by atoms with Crippen molar-refractivity contribution in [1.82, 2.24) is 10.3 Å². The molecule has 3 nitrogen and oxygen atoms in total. The number of nitrogens with one attached hydrogen (secondary N) is 1. The molecule has 4 heteroatoms. The summed E-state index contributed by atoms with van der Waals surface area (Å²) in [4.78, 5) is 6.87. The van der Waals surface area contributed by atoms with E-state index in [0.29, 0.717) is 0 Å². The second kappa shape index (κ2) is 6.46. The topological polar surface area (TPSA) is 28.2 Å². The van der Waals surface area contributed by atoms with Crippen LogP contribution in [0.5, 0.6) is 0 Å². The Morgan fingerprint density at radius 3 is 2.48 bits per heavy atom. The van der Waals surface area contributed by atoms with E-state index in [-0.39, 0.29) is 0 Å². The molecule has 0 radical (unpaired) electrons. The highest BCUT2D eigenvalue weighted by Gasteiger charge is 2.15. The Kier molecular flexibility index (Phi) is 4.42. The summed E-state index contributed by atoms with van der Waals surface area (Å²) >= 11 is 6.20. The van der Waals surface area contributed by atoms with E-state index in [4.69, 9.17) is 11.6 Å². The minimum Gasteiger partial charge on any atom is -0.356 e. The fourth-order valence-corrected chi connectivity index (χ4v) is 3.03. The van der Waals surface area contributed by atoms with Gasteiger partial charge in [0.15, 0.2) is 0 Å². The Morgan fingerprint density at radius 1 is 1.19 bits per heavy atom. The molecule has 0 saturated heterocycles. The van der Waals surface area contributed by atoms with Crippen LogP contribution in [0.25, 0.3) is 0 Å². The Bertz CT molecular complexity index is 600. The second-order valence-corrected chi connectivity index (χ2v) is 5.83. The van der Waals surface area contributed by atoms with E-state index >= 15 is 0 Å². The highest BCUT2D eigenvalue weighted by molar-refractivity contribution is 6.31. The van der Waals surface area contributed by atoms with Crippen molar-refractivity contribution in [2.75, 3.05) is 25.0 Å². The molecule has 0 fully saturated rings. The quantitative estimate of drug-likeness (QED) is 0.944. The van der Waals surface area contributed by atoms with Gasteiger partial charge in [0.25, 0.3) is 0 Å². The summed E-state index contributed by atoms with van der Waals surface area (Å²) in [6, 6.07) is 10.8. The van der Waals surface area contributed by atoms with Gasteiger partial charge in [0.1, 0.15) is 5.82 Å². The van der Waals surface area contributed by atoms with Gasteiger partial charge in [-0.15, -0.1) is 0 Å². The molecule has 0 unspecified atom stereocenters. The molecule has 110 valence electrons. The van der Waals surface area contributed by atoms with Crippen molar-refractivity contribution in [3.63, 3.8) is 0 Å². The summed E-state index contributed by atoms with van der Waals surface area (Å²) < 4.78 is 0. The Balaban J connectivity index is 1.81. The van der Waals surface area contributed by atoms with Gasteiger partial charge in [0.2, 0.25) is 0 Å². The van der Waals surface area contributed by atoms with Gasteiger partial charge in [-0.25, -0.2) is 4.98 Å². The van der Waals surface area contributed by atoms with Gasteiger partial charge in [0.05, 0.1) is 5.02 Å². The lowest BCUT2D eigenvalue weighted by atomic mass is 10.0. The summed E-state index contributed by atoms with van der Waals surface area (Å²) in [6.07, 6.45) is 3.91. The van der Waals surface area contributed by atoms with Gasteiger partial charge in [-0.2, -0.15) is 0 Å². The lowest BCUT2D eigenvalue weighted by Gasteiger charge is -2.22. The molecule has 2 heterocycles. The molecule has 0 amide bonds. The number of benzene rings is 1. The van der Waals surface area contributed by atoms with Crippen LogP contribution >= 0.6 is 11.6 Å². The van der Waals surface area contributed by atoms with E-state index < -0.39 is 0 Å². The standard InChI is InChI=1S/C17H20ClN3/c1-19-11-15-10-17(20-12-16(15)18)21-8-6-13-4-2-3-5-14(13)7-9-21/h2-5,10,12,19H,6-9,11H2,1H3. The van der Waals surface area contributed by atoms with Crippen LogP contribution in [0, 0.1) is 0 Å². The van der Waals surface area contributed by atoms with Gasteiger partial charge >= 0.3 is 0 Å². The molecule has 0 atom stereocenters. The second-order valence-electron chi connectivity index (χ2n) is 5.42. The Labute approximate surface area is 131 Å². The van der Waals surface area contributed by atoms with Crippen LogP contribution in [-0.4, -0.2) is 25.1 Å². The molecule has 1 aromatic carbocycles. The van der Waals surface area contributed by atoms with Crippen LogP contribution in [0.4, 0.5) is 5.82 Å². The van der Waals surface area contributed by atoms with E-state index in [1.165, 1.54) is 11.1 Å². The summed E-state index contributed by atoms with van der Waals surface area (Å²) in [5.74, 6) is 1.03. The fourth-order valence-electron chi connectivity index (χ4n) is 2.86. The first-order chi connectivity index (χ1) is 10.3. The molecule has 21 heavy (non-hydrogen) atoms. The molecule has 0 saturated carbocycles. The maximum Gasteiger partial charge on any atom is 0.128 e. The van der Waals surface area contributed by atoms with Crippen LogP contribution in [0.15, 0.2) is 36.5 Å². The first-order valence-corrected chi connectivity index (χ1v) is 7.76. The van der Waals surface area contributed by atoms with E-state index in [9.17, 15) is 0 Å². The third kappa shape index (κ3) is 3.20. The van der Waals surface area contributed by atoms with Crippen molar-refractivity contribution in [3.8, 4) is 0 Å². The number of halogens is 1. The van der Waals surface area contributed by atoms with Crippen molar-refractivity contribution in [1.29, 1.82) is 0 Å². The van der Waals surface area contributed by atoms with Crippen LogP contribution in [0.2, 0.25) is 5.02 Å². The molecular weight excluding hydrogens is 282 g/mol. The Morgan fingerprint density at radius 2 is 1.86 bits per heavy atom. The predicted molar refractivity (Wildman–Crippen MR) is 88.1 cm³/mol. The summed E-state index contributed by atoms with van der Waals surface area (Å²) in [7, 11) is 1.93. The van der Waals surface area contributed by atoms with Gasteiger partial charge in [-0.3, -0.25) is 0 Å². The van der Waals surface area contributed by atoms with Crippen LogP contribution in [0.3, 0.4) is 0 Å². The molecule has 2 aromatic rings. The van der Waals surface area contributed by atoms with Gasteiger partial charge in [-0.1, -0.05) is 35.9 Å². The summed E-state index contributed by atoms with van der Waals surface area (Å²) in [6.45, 7) is 2.78. The van der Waals surface area contributed by atoms with Gasteiger partial charge in [0, 0.05) is 25.8 Å². The maximum atomic E-state index is 6.20. The normalized spacial score (nSPS) is 14.7. The molecule has 1 aliphatic rings. The van der Waals surface area contributed by atoms with Crippen molar-refractivity contribution in [2.45, 2.75) is 19.4 Å². The van der Waals surface area contributed by atoms with E-state index in [2.05, 4.69) is 45.5 Å². The molecule has 0 spiro atoms. The van der Waals surface area contributed by atoms with Gasteiger partial charge < -0.3 is 10.2 Å². The van der Waals surface area contributed by atoms with Crippen molar-refractivity contribution in [3.05, 3.63) is 58.2 Å². The smallest absolute Gasteiger partial charge is 0.128 e. The molecule has 0 aliphatic carbocycles. The first-order valence-electron chi connectivity index (χ1n) is 7.38. The maximum absolute atomic E-state index is 6.20. The number of fused-ring (bicyclic) bond motifs is 1. The highest BCUT2D eigenvalue weighted by Crippen LogP contribution is 2.23. The lowest BCUT2D eigenvalue weighted by Crippen LogP contribution is -2.27. The largest absolute Gasteiger partial charge is 0.356 e. The van der Waals surface area contributed by atoms with Crippen LogP contribution in [-0.2, 0) is 19.4 Å². The van der Waals surface area contributed by atoms with Crippen LogP contribution < -0.4 is 10.2 Å². The molecule has 1 N–H and O–H groups in total. The van der Waals surface area contributed by atoms with Crippen molar-refractivity contribution in [2.24, 2.45) is 0 Å². The zero-order valence-electron chi connectivity index (χ0n) is 12.3. The molecule has 1 aliphatic heterocycles. The molecular formula is C17H20ClN3. The summed E-state index contributed by atoms with van der Waals surface area (Å²) in [5, 5.41) is 3.88. The molecule has 3 rings (SSSR count). The minimum atomic E-state index is 0.728. The average Bonchev–Trinajstić information content (AvgIpc) is 2.72. The number of rotatable bonds is 3. The molecule has 0 bridgehead atoms. The fraction of sp³-hybridized carbons (Fsp3) is 0.353.